The quantitative estimate of drug-likeness (QED) is 0.698. The third-order valence-electron chi connectivity index (χ3n) is 3.59. The minimum absolute atomic E-state index is 0.173. The second-order valence-electron chi connectivity index (χ2n) is 5.59. The highest BCUT2D eigenvalue weighted by Gasteiger charge is 2.39. The summed E-state index contributed by atoms with van der Waals surface area (Å²) in [4.78, 5) is 24.8. The number of hydrogen-bond donors (Lipinski definition) is 2. The van der Waals surface area contributed by atoms with Crippen LogP contribution >= 0.6 is 0 Å². The molecule has 2 amide bonds. The van der Waals surface area contributed by atoms with E-state index in [0.29, 0.717) is 26.1 Å². The van der Waals surface area contributed by atoms with E-state index >= 15 is 0 Å². The van der Waals surface area contributed by atoms with E-state index in [1.165, 1.54) is 0 Å². The third kappa shape index (κ3) is 5.00. The van der Waals surface area contributed by atoms with Crippen LogP contribution in [0.3, 0.4) is 0 Å². The van der Waals surface area contributed by atoms with Crippen molar-refractivity contribution >= 4 is 12.0 Å². The second-order valence-corrected chi connectivity index (χ2v) is 5.59. The summed E-state index contributed by atoms with van der Waals surface area (Å²) in [7, 11) is 0. The van der Waals surface area contributed by atoms with Crippen LogP contribution in [0.25, 0.3) is 0 Å². The van der Waals surface area contributed by atoms with E-state index < -0.39 is 11.4 Å². The van der Waals surface area contributed by atoms with Gasteiger partial charge in [-0.3, -0.25) is 4.79 Å². The number of carboxylic acid groups (broad SMARTS) is 1. The Morgan fingerprint density at radius 1 is 1.40 bits per heavy atom. The van der Waals surface area contributed by atoms with Crippen molar-refractivity contribution in [2.75, 3.05) is 32.8 Å². The highest BCUT2D eigenvalue weighted by Crippen LogP contribution is 2.29. The number of ether oxygens (including phenoxy) is 1. The lowest BCUT2D eigenvalue weighted by Gasteiger charge is -2.37. The zero-order valence-electron chi connectivity index (χ0n) is 12.5. The molecule has 1 fully saturated rings. The van der Waals surface area contributed by atoms with Gasteiger partial charge in [-0.1, -0.05) is 6.92 Å². The molecule has 6 nitrogen and oxygen atoms in total. The third-order valence-corrected chi connectivity index (χ3v) is 3.59. The summed E-state index contributed by atoms with van der Waals surface area (Å²) >= 11 is 0. The maximum absolute atomic E-state index is 12.0. The number of hydrogen-bond acceptors (Lipinski definition) is 3. The largest absolute Gasteiger partial charge is 0.481 e. The van der Waals surface area contributed by atoms with Crippen LogP contribution in [-0.4, -0.2) is 54.9 Å². The van der Waals surface area contributed by atoms with Gasteiger partial charge < -0.3 is 20.1 Å². The van der Waals surface area contributed by atoms with Gasteiger partial charge in [0.05, 0.1) is 5.41 Å². The lowest BCUT2D eigenvalue weighted by molar-refractivity contribution is -0.150. The van der Waals surface area contributed by atoms with Gasteiger partial charge in [-0.25, -0.2) is 4.79 Å². The highest BCUT2D eigenvalue weighted by molar-refractivity contribution is 5.78. The number of amides is 2. The molecule has 116 valence electrons. The zero-order valence-corrected chi connectivity index (χ0v) is 12.5. The van der Waals surface area contributed by atoms with Gasteiger partial charge in [0.25, 0.3) is 0 Å². The molecule has 0 saturated carbocycles. The van der Waals surface area contributed by atoms with Crippen molar-refractivity contribution in [3.05, 3.63) is 0 Å². The first-order valence-corrected chi connectivity index (χ1v) is 7.33. The standard InChI is InChI=1S/C14H26N2O4/c1-3-9-20-10-5-7-15-13(19)16-8-4-6-14(2,11-16)12(17)18/h3-11H2,1-2H3,(H,15,19)(H,17,18). The van der Waals surface area contributed by atoms with Gasteiger partial charge in [-0.15, -0.1) is 0 Å². The van der Waals surface area contributed by atoms with Crippen LogP contribution in [0.2, 0.25) is 0 Å². The molecule has 20 heavy (non-hydrogen) atoms. The van der Waals surface area contributed by atoms with Gasteiger partial charge in [-0.05, 0) is 32.6 Å². The number of nitrogens with zero attached hydrogens (tertiary/aromatic N) is 1. The molecule has 0 aromatic heterocycles. The summed E-state index contributed by atoms with van der Waals surface area (Å²) in [5.41, 5.74) is -0.820. The summed E-state index contributed by atoms with van der Waals surface area (Å²) in [6.07, 6.45) is 3.12. The number of carbonyl (C=O) groups excluding carboxylic acids is 1. The fourth-order valence-electron chi connectivity index (χ4n) is 2.32. The number of rotatable bonds is 7. The maximum Gasteiger partial charge on any atom is 0.317 e. The lowest BCUT2D eigenvalue weighted by Crippen LogP contribution is -2.51. The molecule has 1 saturated heterocycles. The zero-order chi connectivity index (χ0) is 15.0. The fourth-order valence-corrected chi connectivity index (χ4v) is 2.32. The molecule has 0 spiro atoms. The number of urea groups is 1. The Balaban J connectivity index is 2.27. The summed E-state index contributed by atoms with van der Waals surface area (Å²) in [6.45, 7) is 6.60. The molecular formula is C14H26N2O4. The van der Waals surface area contributed by atoms with E-state index in [4.69, 9.17) is 4.74 Å². The topological polar surface area (TPSA) is 78.9 Å². The Morgan fingerprint density at radius 3 is 2.80 bits per heavy atom. The average Bonchev–Trinajstić information content (AvgIpc) is 2.42. The van der Waals surface area contributed by atoms with Crippen molar-refractivity contribution in [1.82, 2.24) is 10.2 Å². The lowest BCUT2D eigenvalue weighted by atomic mass is 9.82. The Labute approximate surface area is 120 Å². The van der Waals surface area contributed by atoms with Crippen LogP contribution < -0.4 is 5.32 Å². The molecule has 6 heteroatoms. The predicted molar refractivity (Wildman–Crippen MR) is 75.7 cm³/mol. The summed E-state index contributed by atoms with van der Waals surface area (Å²) in [6, 6.07) is -0.173. The molecule has 2 N–H and O–H groups in total. The van der Waals surface area contributed by atoms with Crippen molar-refractivity contribution < 1.29 is 19.4 Å². The van der Waals surface area contributed by atoms with Crippen molar-refractivity contribution in [3.8, 4) is 0 Å². The first kappa shape index (κ1) is 16.8. The van der Waals surface area contributed by atoms with E-state index in [2.05, 4.69) is 12.2 Å². The summed E-state index contributed by atoms with van der Waals surface area (Å²) in [5.74, 6) is -0.831. The van der Waals surface area contributed by atoms with E-state index in [0.717, 1.165) is 25.9 Å². The molecule has 0 aromatic carbocycles. The normalized spacial score (nSPS) is 22.6. The van der Waals surface area contributed by atoms with Crippen molar-refractivity contribution in [2.45, 2.75) is 39.5 Å². The van der Waals surface area contributed by atoms with Gasteiger partial charge in [-0.2, -0.15) is 0 Å². The number of carboxylic acids is 1. The SMILES string of the molecule is CCCOCCCNC(=O)N1CCCC(C)(C(=O)O)C1. The molecular weight excluding hydrogens is 260 g/mol. The van der Waals surface area contributed by atoms with Gasteiger partial charge in [0.15, 0.2) is 0 Å². The minimum atomic E-state index is -0.831. The maximum atomic E-state index is 12.0. The van der Waals surface area contributed by atoms with Gasteiger partial charge in [0.2, 0.25) is 0 Å². The molecule has 1 aliphatic heterocycles. The van der Waals surface area contributed by atoms with E-state index in [1.807, 2.05) is 0 Å². The molecule has 0 radical (unpaired) electrons. The van der Waals surface area contributed by atoms with E-state index in [1.54, 1.807) is 11.8 Å². The Kier molecular flexibility index (Phi) is 6.78. The first-order valence-electron chi connectivity index (χ1n) is 7.33. The molecule has 1 atom stereocenters. The average molecular weight is 286 g/mol. The van der Waals surface area contributed by atoms with Crippen LogP contribution in [-0.2, 0) is 9.53 Å². The number of carbonyl (C=O) groups is 2. The van der Waals surface area contributed by atoms with Crippen LogP contribution in [0.1, 0.15) is 39.5 Å². The monoisotopic (exact) mass is 286 g/mol. The van der Waals surface area contributed by atoms with Crippen molar-refractivity contribution in [2.24, 2.45) is 5.41 Å². The molecule has 1 rings (SSSR count). The smallest absolute Gasteiger partial charge is 0.317 e. The van der Waals surface area contributed by atoms with E-state index in [9.17, 15) is 14.7 Å². The van der Waals surface area contributed by atoms with Gasteiger partial charge in [0, 0.05) is 32.8 Å². The van der Waals surface area contributed by atoms with Gasteiger partial charge in [0.1, 0.15) is 0 Å². The van der Waals surface area contributed by atoms with E-state index in [-0.39, 0.29) is 12.6 Å². The summed E-state index contributed by atoms with van der Waals surface area (Å²) < 4.78 is 5.33. The summed E-state index contributed by atoms with van der Waals surface area (Å²) in [5, 5.41) is 12.0. The van der Waals surface area contributed by atoms with Crippen LogP contribution in [0.5, 0.6) is 0 Å². The van der Waals surface area contributed by atoms with Crippen LogP contribution in [0, 0.1) is 5.41 Å². The molecule has 1 unspecified atom stereocenters. The van der Waals surface area contributed by atoms with Crippen molar-refractivity contribution in [3.63, 3.8) is 0 Å². The van der Waals surface area contributed by atoms with Crippen LogP contribution in [0.15, 0.2) is 0 Å². The number of nitrogens with one attached hydrogen (secondary N) is 1. The Bertz CT molecular complexity index is 335. The van der Waals surface area contributed by atoms with Crippen LogP contribution in [0.4, 0.5) is 4.79 Å². The Morgan fingerprint density at radius 2 is 2.15 bits per heavy atom. The first-order chi connectivity index (χ1) is 9.49. The number of likely N-dealkylation sites (tertiary alicyclic amines) is 1. The molecule has 1 heterocycles. The predicted octanol–water partition coefficient (Wildman–Crippen LogP) is 1.70. The fraction of sp³-hybridized carbons (Fsp3) is 0.857. The molecule has 0 aliphatic carbocycles. The Hall–Kier alpha value is -1.30. The minimum Gasteiger partial charge on any atom is -0.481 e. The molecule has 0 aromatic rings. The second kappa shape index (κ2) is 8.09. The molecule has 0 bridgehead atoms. The molecule has 1 aliphatic rings. The van der Waals surface area contributed by atoms with Crippen molar-refractivity contribution in [1.29, 1.82) is 0 Å². The number of piperidine rings is 1. The number of aliphatic carboxylic acids is 1. The highest BCUT2D eigenvalue weighted by atomic mass is 16.5. The van der Waals surface area contributed by atoms with Gasteiger partial charge >= 0.3 is 12.0 Å².